The molecule has 0 unspecified atom stereocenters. The molecule has 0 saturated heterocycles. The summed E-state index contributed by atoms with van der Waals surface area (Å²) in [6.07, 6.45) is 0. The van der Waals surface area contributed by atoms with Gasteiger partial charge in [0, 0.05) is 21.8 Å². The van der Waals surface area contributed by atoms with Gasteiger partial charge >= 0.3 is 0 Å². The van der Waals surface area contributed by atoms with Crippen LogP contribution in [0.2, 0.25) is 5.02 Å². The van der Waals surface area contributed by atoms with E-state index in [0.717, 1.165) is 0 Å². The van der Waals surface area contributed by atoms with Crippen molar-refractivity contribution in [3.63, 3.8) is 0 Å². The molecule has 0 atom stereocenters. The van der Waals surface area contributed by atoms with Crippen molar-refractivity contribution in [1.82, 2.24) is 0 Å². The lowest BCUT2D eigenvalue weighted by atomic mass is 10.1. The van der Waals surface area contributed by atoms with E-state index in [9.17, 15) is 9.59 Å². The van der Waals surface area contributed by atoms with Crippen LogP contribution in [0.15, 0.2) is 42.5 Å². The number of carbonyl (C=O) groups is 2. The molecule has 102 valence electrons. The molecule has 0 aliphatic rings. The predicted molar refractivity (Wildman–Crippen MR) is 79.1 cm³/mol. The molecule has 5 heteroatoms. The highest BCUT2D eigenvalue weighted by Gasteiger charge is 2.11. The van der Waals surface area contributed by atoms with E-state index in [0.29, 0.717) is 27.4 Å². The van der Waals surface area contributed by atoms with Gasteiger partial charge in [-0.1, -0.05) is 17.7 Å². The van der Waals surface area contributed by atoms with E-state index in [1.807, 2.05) is 0 Å². The maximum Gasteiger partial charge on any atom is 0.255 e. The van der Waals surface area contributed by atoms with E-state index in [1.54, 1.807) is 49.4 Å². The monoisotopic (exact) mass is 288 g/mol. The molecule has 0 bridgehead atoms. The summed E-state index contributed by atoms with van der Waals surface area (Å²) in [4.78, 5) is 23.4. The van der Waals surface area contributed by atoms with Gasteiger partial charge < -0.3 is 11.1 Å². The average molecular weight is 289 g/mol. The number of carbonyl (C=O) groups excluding carboxylic acids is 2. The Kier molecular flexibility index (Phi) is 4.05. The first kappa shape index (κ1) is 14.1. The highest BCUT2D eigenvalue weighted by atomic mass is 35.5. The number of hydrogen-bond donors (Lipinski definition) is 2. The lowest BCUT2D eigenvalue weighted by molar-refractivity contribution is 0.0995. The second-order valence-electron chi connectivity index (χ2n) is 4.30. The van der Waals surface area contributed by atoms with Crippen LogP contribution in [0, 0.1) is 6.92 Å². The zero-order valence-electron chi connectivity index (χ0n) is 10.8. The number of primary amides is 1. The van der Waals surface area contributed by atoms with Gasteiger partial charge in [-0.3, -0.25) is 9.59 Å². The minimum absolute atomic E-state index is 0.272. The van der Waals surface area contributed by atoms with Crippen LogP contribution in [-0.2, 0) is 0 Å². The van der Waals surface area contributed by atoms with Crippen LogP contribution in [0.25, 0.3) is 0 Å². The Hall–Kier alpha value is -2.33. The number of benzene rings is 2. The normalized spacial score (nSPS) is 10.1. The zero-order chi connectivity index (χ0) is 14.7. The molecule has 0 saturated carbocycles. The summed E-state index contributed by atoms with van der Waals surface area (Å²) in [5, 5.41) is 3.31. The minimum atomic E-state index is -0.523. The molecule has 2 aromatic rings. The highest BCUT2D eigenvalue weighted by Crippen LogP contribution is 2.20. The summed E-state index contributed by atoms with van der Waals surface area (Å²) in [7, 11) is 0. The SMILES string of the molecule is Cc1c(NC(=O)c2ccc(Cl)cc2)cccc1C(N)=O. The molecule has 0 aromatic heterocycles. The van der Waals surface area contributed by atoms with Crippen LogP contribution in [-0.4, -0.2) is 11.8 Å². The number of nitrogens with two attached hydrogens (primary N) is 1. The van der Waals surface area contributed by atoms with Crippen molar-refractivity contribution >= 4 is 29.1 Å². The van der Waals surface area contributed by atoms with Gasteiger partial charge in [-0.25, -0.2) is 0 Å². The fraction of sp³-hybridized carbons (Fsp3) is 0.0667. The predicted octanol–water partition coefficient (Wildman–Crippen LogP) is 3.00. The van der Waals surface area contributed by atoms with E-state index >= 15 is 0 Å². The number of anilines is 1. The third-order valence-electron chi connectivity index (χ3n) is 2.95. The largest absolute Gasteiger partial charge is 0.366 e. The Bertz CT molecular complexity index is 666. The van der Waals surface area contributed by atoms with Gasteiger partial charge in [0.2, 0.25) is 5.91 Å². The molecule has 0 aliphatic carbocycles. The number of hydrogen-bond acceptors (Lipinski definition) is 2. The van der Waals surface area contributed by atoms with Gasteiger partial charge in [0.05, 0.1) is 0 Å². The zero-order valence-corrected chi connectivity index (χ0v) is 11.6. The lowest BCUT2D eigenvalue weighted by Crippen LogP contribution is -2.16. The Labute approximate surface area is 121 Å². The number of nitrogens with one attached hydrogen (secondary N) is 1. The third-order valence-corrected chi connectivity index (χ3v) is 3.21. The van der Waals surface area contributed by atoms with E-state index in [2.05, 4.69) is 5.32 Å². The van der Waals surface area contributed by atoms with E-state index in [1.165, 1.54) is 0 Å². The van der Waals surface area contributed by atoms with Crippen molar-refractivity contribution in [2.75, 3.05) is 5.32 Å². The van der Waals surface area contributed by atoms with Crippen molar-refractivity contribution < 1.29 is 9.59 Å². The summed E-state index contributed by atoms with van der Waals surface area (Å²) < 4.78 is 0. The topological polar surface area (TPSA) is 72.2 Å². The smallest absolute Gasteiger partial charge is 0.255 e. The summed E-state index contributed by atoms with van der Waals surface area (Å²) in [5.74, 6) is -0.795. The fourth-order valence-corrected chi connectivity index (χ4v) is 1.96. The molecule has 0 radical (unpaired) electrons. The molecule has 2 aromatic carbocycles. The standard InChI is InChI=1S/C15H13ClN2O2/c1-9-12(14(17)19)3-2-4-13(9)18-15(20)10-5-7-11(16)8-6-10/h2-8H,1H3,(H2,17,19)(H,18,20). The molecule has 4 nitrogen and oxygen atoms in total. The van der Waals surface area contributed by atoms with Crippen LogP contribution >= 0.6 is 11.6 Å². The van der Waals surface area contributed by atoms with Crippen molar-refractivity contribution in [2.24, 2.45) is 5.73 Å². The Morgan fingerprint density at radius 3 is 2.35 bits per heavy atom. The van der Waals surface area contributed by atoms with E-state index < -0.39 is 5.91 Å². The van der Waals surface area contributed by atoms with E-state index in [-0.39, 0.29) is 5.91 Å². The average Bonchev–Trinajstić information content (AvgIpc) is 2.41. The second-order valence-corrected chi connectivity index (χ2v) is 4.74. The van der Waals surface area contributed by atoms with Crippen molar-refractivity contribution in [3.8, 4) is 0 Å². The van der Waals surface area contributed by atoms with Crippen molar-refractivity contribution in [1.29, 1.82) is 0 Å². The Morgan fingerprint density at radius 1 is 1.10 bits per heavy atom. The van der Waals surface area contributed by atoms with Gasteiger partial charge in [0.15, 0.2) is 0 Å². The van der Waals surface area contributed by atoms with Crippen LogP contribution in [0.3, 0.4) is 0 Å². The van der Waals surface area contributed by atoms with Gasteiger partial charge in [0.25, 0.3) is 5.91 Å². The fourth-order valence-electron chi connectivity index (χ4n) is 1.83. The second kappa shape index (κ2) is 5.75. The summed E-state index contributed by atoms with van der Waals surface area (Å²) >= 11 is 5.77. The Balaban J connectivity index is 2.26. The van der Waals surface area contributed by atoms with Crippen molar-refractivity contribution in [3.05, 3.63) is 64.2 Å². The third kappa shape index (κ3) is 2.97. The number of amides is 2. The molecule has 0 fully saturated rings. The molecule has 20 heavy (non-hydrogen) atoms. The maximum atomic E-state index is 12.1. The van der Waals surface area contributed by atoms with Crippen molar-refractivity contribution in [2.45, 2.75) is 6.92 Å². The summed E-state index contributed by atoms with van der Waals surface area (Å²) in [6.45, 7) is 1.73. The molecule has 0 aliphatic heterocycles. The molecular weight excluding hydrogens is 276 g/mol. The van der Waals surface area contributed by atoms with Crippen LogP contribution in [0.1, 0.15) is 26.3 Å². The lowest BCUT2D eigenvalue weighted by Gasteiger charge is -2.10. The highest BCUT2D eigenvalue weighted by molar-refractivity contribution is 6.30. The van der Waals surface area contributed by atoms with Crippen LogP contribution in [0.5, 0.6) is 0 Å². The van der Waals surface area contributed by atoms with Crippen LogP contribution < -0.4 is 11.1 Å². The first-order chi connectivity index (χ1) is 9.49. The quantitative estimate of drug-likeness (QED) is 0.911. The molecule has 0 heterocycles. The molecule has 2 amide bonds. The van der Waals surface area contributed by atoms with Gasteiger partial charge in [0.1, 0.15) is 0 Å². The first-order valence-electron chi connectivity index (χ1n) is 5.95. The number of halogens is 1. The van der Waals surface area contributed by atoms with E-state index in [4.69, 9.17) is 17.3 Å². The molecule has 3 N–H and O–H groups in total. The molecule has 2 rings (SSSR count). The van der Waals surface area contributed by atoms with Crippen LogP contribution in [0.4, 0.5) is 5.69 Å². The molecular formula is C15H13ClN2O2. The van der Waals surface area contributed by atoms with Gasteiger partial charge in [-0.05, 0) is 48.9 Å². The number of rotatable bonds is 3. The minimum Gasteiger partial charge on any atom is -0.366 e. The summed E-state index contributed by atoms with van der Waals surface area (Å²) in [6, 6.07) is 11.6. The van der Waals surface area contributed by atoms with Gasteiger partial charge in [-0.15, -0.1) is 0 Å². The summed E-state index contributed by atoms with van der Waals surface area (Å²) in [5.41, 5.74) is 7.35. The van der Waals surface area contributed by atoms with Gasteiger partial charge in [-0.2, -0.15) is 0 Å². The maximum absolute atomic E-state index is 12.1. The first-order valence-corrected chi connectivity index (χ1v) is 6.33. The Morgan fingerprint density at radius 2 is 1.75 bits per heavy atom. The molecule has 0 spiro atoms.